The molecule has 1 aromatic heterocycles. The van der Waals surface area contributed by atoms with Gasteiger partial charge in [-0.25, -0.2) is 0 Å². The Labute approximate surface area is 102 Å². The van der Waals surface area contributed by atoms with Gasteiger partial charge in [-0.15, -0.1) is 0 Å². The van der Waals surface area contributed by atoms with Gasteiger partial charge in [-0.2, -0.15) is 0 Å². The van der Waals surface area contributed by atoms with Crippen molar-refractivity contribution >= 4 is 11.4 Å². The van der Waals surface area contributed by atoms with Gasteiger partial charge in [0.25, 0.3) is 0 Å². The molecule has 1 heterocycles. The van der Waals surface area contributed by atoms with Gasteiger partial charge >= 0.3 is 0 Å². The van der Waals surface area contributed by atoms with E-state index in [0.29, 0.717) is 6.42 Å². The Morgan fingerprint density at radius 1 is 1.18 bits per heavy atom. The van der Waals surface area contributed by atoms with Crippen LogP contribution < -0.4 is 10.6 Å². The van der Waals surface area contributed by atoms with Gasteiger partial charge in [0.2, 0.25) is 0 Å². The number of nitrogens with zero attached hydrogens (tertiary/aromatic N) is 1. The number of aliphatic hydroxyl groups excluding tert-OH is 2. The minimum atomic E-state index is -0.688. The highest BCUT2D eigenvalue weighted by Gasteiger charge is 2.26. The molecule has 0 spiro atoms. The third kappa shape index (κ3) is 3.57. The maximum Gasteiger partial charge on any atom is 0.0832 e. The first kappa shape index (κ1) is 13.7. The fourth-order valence-electron chi connectivity index (χ4n) is 1.56. The van der Waals surface area contributed by atoms with E-state index in [1.807, 2.05) is 19.9 Å². The van der Waals surface area contributed by atoms with Crippen LogP contribution in [0.25, 0.3) is 0 Å². The second kappa shape index (κ2) is 6.42. The van der Waals surface area contributed by atoms with E-state index in [-0.39, 0.29) is 13.2 Å². The number of aliphatic hydroxyl groups is 2. The van der Waals surface area contributed by atoms with Crippen molar-refractivity contribution in [2.75, 3.05) is 30.4 Å². The lowest BCUT2D eigenvalue weighted by Crippen LogP contribution is -2.45. The number of rotatable bonds is 7. The van der Waals surface area contributed by atoms with Crippen LogP contribution in [0.1, 0.15) is 20.3 Å². The van der Waals surface area contributed by atoms with Crippen LogP contribution in [0.2, 0.25) is 0 Å². The molecular formula is C12H21N3O2. The van der Waals surface area contributed by atoms with Crippen molar-refractivity contribution in [3.63, 3.8) is 0 Å². The zero-order valence-corrected chi connectivity index (χ0v) is 10.4. The lowest BCUT2D eigenvalue weighted by molar-refractivity contribution is 0.132. The predicted octanol–water partition coefficient (Wildman–Crippen LogP) is 1.06. The molecule has 0 unspecified atom stereocenters. The Morgan fingerprint density at radius 3 is 2.35 bits per heavy atom. The second-order valence-electron chi connectivity index (χ2n) is 4.07. The topological polar surface area (TPSA) is 77.4 Å². The van der Waals surface area contributed by atoms with Gasteiger partial charge < -0.3 is 20.8 Å². The molecule has 1 rings (SSSR count). The predicted molar refractivity (Wildman–Crippen MR) is 69.2 cm³/mol. The SMILES string of the molecule is CCNc1cncc(NC(CC)(CO)CO)c1. The van der Waals surface area contributed by atoms with E-state index in [0.717, 1.165) is 17.9 Å². The summed E-state index contributed by atoms with van der Waals surface area (Å²) in [4.78, 5) is 4.10. The molecule has 0 aliphatic heterocycles. The van der Waals surface area contributed by atoms with E-state index >= 15 is 0 Å². The van der Waals surface area contributed by atoms with Crippen LogP contribution in [-0.2, 0) is 0 Å². The molecule has 0 bridgehead atoms. The summed E-state index contributed by atoms with van der Waals surface area (Å²) in [7, 11) is 0. The molecule has 0 aliphatic rings. The number of nitrogens with one attached hydrogen (secondary N) is 2. The van der Waals surface area contributed by atoms with Gasteiger partial charge in [0, 0.05) is 6.54 Å². The Morgan fingerprint density at radius 2 is 1.82 bits per heavy atom. The molecule has 1 aromatic rings. The molecule has 0 fully saturated rings. The molecule has 96 valence electrons. The molecule has 0 saturated heterocycles. The van der Waals surface area contributed by atoms with Crippen molar-refractivity contribution in [3.05, 3.63) is 18.5 Å². The molecule has 0 radical (unpaired) electrons. The highest BCUT2D eigenvalue weighted by Crippen LogP contribution is 2.20. The summed E-state index contributed by atoms with van der Waals surface area (Å²) in [5, 5.41) is 25.0. The van der Waals surface area contributed by atoms with Gasteiger partial charge in [-0.1, -0.05) is 6.92 Å². The standard InChI is InChI=1S/C12H21N3O2/c1-3-12(8-16,9-17)15-11-5-10(14-4-2)6-13-7-11/h5-7,14-17H,3-4,8-9H2,1-2H3. The smallest absolute Gasteiger partial charge is 0.0832 e. The monoisotopic (exact) mass is 239 g/mol. The zero-order chi connectivity index (χ0) is 12.7. The summed E-state index contributed by atoms with van der Waals surface area (Å²) in [6.07, 6.45) is 4.04. The molecule has 4 N–H and O–H groups in total. The maximum absolute atomic E-state index is 9.35. The fourth-order valence-corrected chi connectivity index (χ4v) is 1.56. The van der Waals surface area contributed by atoms with Crippen LogP contribution in [0, 0.1) is 0 Å². The lowest BCUT2D eigenvalue weighted by atomic mass is 9.98. The molecular weight excluding hydrogens is 218 g/mol. The van der Waals surface area contributed by atoms with Crippen molar-refractivity contribution in [2.24, 2.45) is 0 Å². The Balaban J connectivity index is 2.82. The average molecular weight is 239 g/mol. The first-order valence-electron chi connectivity index (χ1n) is 5.88. The first-order chi connectivity index (χ1) is 8.19. The van der Waals surface area contributed by atoms with Crippen LogP contribution >= 0.6 is 0 Å². The Kier molecular flexibility index (Phi) is 5.18. The quantitative estimate of drug-likeness (QED) is 0.572. The van der Waals surface area contributed by atoms with Gasteiger partial charge in [-0.3, -0.25) is 4.98 Å². The lowest BCUT2D eigenvalue weighted by Gasteiger charge is -2.30. The van der Waals surface area contributed by atoms with Crippen LogP contribution in [0.3, 0.4) is 0 Å². The number of pyridine rings is 1. The van der Waals surface area contributed by atoms with Crippen molar-refractivity contribution < 1.29 is 10.2 Å². The van der Waals surface area contributed by atoms with Crippen LogP contribution in [-0.4, -0.2) is 40.5 Å². The average Bonchev–Trinajstić information content (AvgIpc) is 2.37. The highest BCUT2D eigenvalue weighted by molar-refractivity contribution is 5.55. The number of hydrogen-bond donors (Lipinski definition) is 4. The summed E-state index contributed by atoms with van der Waals surface area (Å²) in [5.74, 6) is 0. The first-order valence-corrected chi connectivity index (χ1v) is 5.88. The highest BCUT2D eigenvalue weighted by atomic mass is 16.3. The fraction of sp³-hybridized carbons (Fsp3) is 0.583. The van der Waals surface area contributed by atoms with E-state index in [9.17, 15) is 10.2 Å². The zero-order valence-electron chi connectivity index (χ0n) is 10.4. The molecule has 0 amide bonds. The van der Waals surface area contributed by atoms with Gasteiger partial charge in [0.1, 0.15) is 0 Å². The van der Waals surface area contributed by atoms with E-state index in [1.165, 1.54) is 0 Å². The summed E-state index contributed by atoms with van der Waals surface area (Å²) < 4.78 is 0. The normalized spacial score (nSPS) is 11.3. The Bertz CT molecular complexity index is 332. The molecule has 5 nitrogen and oxygen atoms in total. The number of anilines is 2. The summed E-state index contributed by atoms with van der Waals surface area (Å²) in [5.41, 5.74) is 1.01. The molecule has 0 aliphatic carbocycles. The minimum Gasteiger partial charge on any atom is -0.394 e. The third-order valence-corrected chi connectivity index (χ3v) is 2.81. The maximum atomic E-state index is 9.35. The number of aromatic nitrogens is 1. The third-order valence-electron chi connectivity index (χ3n) is 2.81. The largest absolute Gasteiger partial charge is 0.394 e. The molecule has 17 heavy (non-hydrogen) atoms. The summed E-state index contributed by atoms with van der Waals surface area (Å²) in [6, 6.07) is 1.91. The summed E-state index contributed by atoms with van der Waals surface area (Å²) >= 11 is 0. The number of hydrogen-bond acceptors (Lipinski definition) is 5. The molecule has 0 atom stereocenters. The Hall–Kier alpha value is -1.33. The van der Waals surface area contributed by atoms with Gasteiger partial charge in [-0.05, 0) is 19.4 Å². The van der Waals surface area contributed by atoms with E-state index < -0.39 is 5.54 Å². The second-order valence-corrected chi connectivity index (χ2v) is 4.07. The minimum absolute atomic E-state index is 0.120. The van der Waals surface area contributed by atoms with Crippen LogP contribution in [0.15, 0.2) is 18.5 Å². The van der Waals surface area contributed by atoms with Gasteiger partial charge in [0.05, 0.1) is 42.5 Å². The van der Waals surface area contributed by atoms with E-state index in [2.05, 4.69) is 15.6 Å². The molecule has 0 aromatic carbocycles. The van der Waals surface area contributed by atoms with E-state index in [4.69, 9.17) is 0 Å². The van der Waals surface area contributed by atoms with Crippen LogP contribution in [0.5, 0.6) is 0 Å². The summed E-state index contributed by atoms with van der Waals surface area (Å²) in [6.45, 7) is 4.51. The van der Waals surface area contributed by atoms with Crippen molar-refractivity contribution in [1.82, 2.24) is 4.98 Å². The van der Waals surface area contributed by atoms with Crippen molar-refractivity contribution in [3.8, 4) is 0 Å². The van der Waals surface area contributed by atoms with Crippen LogP contribution in [0.4, 0.5) is 11.4 Å². The van der Waals surface area contributed by atoms with Gasteiger partial charge in [0.15, 0.2) is 0 Å². The van der Waals surface area contributed by atoms with Crippen molar-refractivity contribution in [1.29, 1.82) is 0 Å². The molecule has 5 heteroatoms. The van der Waals surface area contributed by atoms with Crippen molar-refractivity contribution in [2.45, 2.75) is 25.8 Å². The van der Waals surface area contributed by atoms with E-state index in [1.54, 1.807) is 12.4 Å². The molecule has 0 saturated carbocycles.